The lowest BCUT2D eigenvalue weighted by atomic mass is 9.76. The van der Waals surface area contributed by atoms with Crippen LogP contribution < -0.4 is 10.4 Å². The highest BCUT2D eigenvalue weighted by atomic mass is 35.5. The van der Waals surface area contributed by atoms with Gasteiger partial charge in [0.05, 0.1) is 16.5 Å². The molecule has 5 nitrogen and oxygen atoms in total. The van der Waals surface area contributed by atoms with E-state index in [1.165, 1.54) is 0 Å². The molecular formula is C18H13Cl2N2O3-. The molecule has 0 saturated carbocycles. The number of fused-ring (bicyclic) bond motifs is 3. The summed E-state index contributed by atoms with van der Waals surface area (Å²) in [6.45, 7) is 0. The van der Waals surface area contributed by atoms with Gasteiger partial charge in [-0.25, -0.2) is 0 Å². The summed E-state index contributed by atoms with van der Waals surface area (Å²) >= 11 is 12.0. The molecule has 0 amide bonds. The van der Waals surface area contributed by atoms with E-state index in [1.807, 2.05) is 24.3 Å². The van der Waals surface area contributed by atoms with Crippen molar-refractivity contribution in [2.45, 2.75) is 18.4 Å². The van der Waals surface area contributed by atoms with E-state index in [9.17, 15) is 15.2 Å². The van der Waals surface area contributed by atoms with E-state index in [2.05, 4.69) is 5.32 Å². The van der Waals surface area contributed by atoms with Crippen LogP contribution in [0, 0.1) is 16.0 Å². The number of nitrogens with one attached hydrogen (secondary N) is 1. The molecule has 2 aromatic rings. The Kier molecular flexibility index (Phi) is 3.85. The largest absolute Gasteiger partial charge is 0.871 e. The zero-order chi connectivity index (χ0) is 17.7. The number of nitro benzene ring substituents is 1. The SMILES string of the molecule is O=[N+]([O-])c1c(Cl)cc([O-])c2c1[C@H]1C=CC[C@H]1[C@H](c1ccc(Cl)cc1)N2. The molecule has 0 saturated heterocycles. The molecule has 0 radical (unpaired) electrons. The second kappa shape index (κ2) is 5.93. The molecule has 3 atom stereocenters. The first-order valence-electron chi connectivity index (χ1n) is 7.84. The van der Waals surface area contributed by atoms with Crippen molar-refractivity contribution in [3.8, 4) is 5.75 Å². The first-order valence-corrected chi connectivity index (χ1v) is 8.59. The fraction of sp³-hybridized carbons (Fsp3) is 0.222. The number of rotatable bonds is 2. The molecule has 0 bridgehead atoms. The molecule has 2 aromatic carbocycles. The van der Waals surface area contributed by atoms with Gasteiger partial charge in [-0.2, -0.15) is 0 Å². The van der Waals surface area contributed by atoms with Crippen LogP contribution in [0.4, 0.5) is 11.4 Å². The predicted molar refractivity (Wildman–Crippen MR) is 95.4 cm³/mol. The third-order valence-electron chi connectivity index (χ3n) is 4.94. The number of hydrogen-bond acceptors (Lipinski definition) is 4. The number of benzene rings is 2. The van der Waals surface area contributed by atoms with Gasteiger partial charge in [0.15, 0.2) is 0 Å². The van der Waals surface area contributed by atoms with Crippen LogP contribution in [0.3, 0.4) is 0 Å². The van der Waals surface area contributed by atoms with Crippen LogP contribution in [-0.2, 0) is 0 Å². The maximum atomic E-state index is 12.5. The van der Waals surface area contributed by atoms with Gasteiger partial charge in [-0.05, 0) is 36.1 Å². The Morgan fingerprint density at radius 3 is 2.60 bits per heavy atom. The molecule has 25 heavy (non-hydrogen) atoms. The van der Waals surface area contributed by atoms with Gasteiger partial charge in [0.2, 0.25) is 0 Å². The van der Waals surface area contributed by atoms with Crippen molar-refractivity contribution in [2.75, 3.05) is 5.32 Å². The predicted octanol–water partition coefficient (Wildman–Crippen LogP) is 4.80. The maximum Gasteiger partial charge on any atom is 0.293 e. The van der Waals surface area contributed by atoms with Crippen LogP contribution in [0.1, 0.15) is 29.5 Å². The molecule has 1 N–H and O–H groups in total. The zero-order valence-electron chi connectivity index (χ0n) is 12.9. The number of allylic oxidation sites excluding steroid dienone is 2. The van der Waals surface area contributed by atoms with Gasteiger partial charge in [0.1, 0.15) is 5.02 Å². The average Bonchev–Trinajstić information content (AvgIpc) is 3.04. The second-order valence-corrected chi connectivity index (χ2v) is 7.12. The van der Waals surface area contributed by atoms with Crippen molar-refractivity contribution in [3.05, 3.63) is 73.8 Å². The molecule has 1 aliphatic carbocycles. The number of hydrogen-bond donors (Lipinski definition) is 1. The van der Waals surface area contributed by atoms with Gasteiger partial charge in [0, 0.05) is 16.6 Å². The first-order chi connectivity index (χ1) is 12.0. The lowest BCUT2D eigenvalue weighted by Gasteiger charge is -2.39. The van der Waals surface area contributed by atoms with E-state index in [0.29, 0.717) is 10.6 Å². The maximum absolute atomic E-state index is 12.5. The average molecular weight is 376 g/mol. The number of anilines is 1. The van der Waals surface area contributed by atoms with Crippen molar-refractivity contribution in [2.24, 2.45) is 5.92 Å². The van der Waals surface area contributed by atoms with Crippen LogP contribution in [0.25, 0.3) is 0 Å². The van der Waals surface area contributed by atoms with Crippen molar-refractivity contribution in [1.82, 2.24) is 0 Å². The van der Waals surface area contributed by atoms with Crippen LogP contribution in [-0.4, -0.2) is 4.92 Å². The summed E-state index contributed by atoms with van der Waals surface area (Å²) in [6.07, 6.45) is 4.71. The molecule has 0 unspecified atom stereocenters. The summed E-state index contributed by atoms with van der Waals surface area (Å²) in [4.78, 5) is 11.0. The minimum Gasteiger partial charge on any atom is -0.871 e. The summed E-state index contributed by atoms with van der Waals surface area (Å²) in [5, 5.41) is 27.8. The third-order valence-corrected chi connectivity index (χ3v) is 5.48. The standard InChI is InChI=1S/C18H14Cl2N2O3/c19-10-6-4-9(5-7-10)16-12-3-1-2-11(12)15-17(21-16)14(23)8-13(20)18(15)22(24)25/h1-2,4-8,11-12,16,21,23H,3H2/p-1/t11-,12+,16-/m0/s1. The van der Waals surface area contributed by atoms with E-state index < -0.39 is 4.92 Å². The Morgan fingerprint density at radius 2 is 1.92 bits per heavy atom. The number of nitro groups is 1. The second-order valence-electron chi connectivity index (χ2n) is 6.28. The van der Waals surface area contributed by atoms with Gasteiger partial charge < -0.3 is 10.4 Å². The molecule has 2 aliphatic rings. The fourth-order valence-corrected chi connectivity index (χ4v) is 4.28. The summed E-state index contributed by atoms with van der Waals surface area (Å²) in [6, 6.07) is 8.41. The Bertz CT molecular complexity index is 896. The Balaban J connectivity index is 1.89. The lowest BCUT2D eigenvalue weighted by molar-refractivity contribution is -0.385. The minimum atomic E-state index is -0.506. The molecule has 4 rings (SSSR count). The van der Waals surface area contributed by atoms with Crippen LogP contribution in [0.15, 0.2) is 42.5 Å². The van der Waals surface area contributed by atoms with Crippen molar-refractivity contribution in [1.29, 1.82) is 0 Å². The van der Waals surface area contributed by atoms with E-state index >= 15 is 0 Å². The zero-order valence-corrected chi connectivity index (χ0v) is 14.4. The normalized spacial score (nSPS) is 23.7. The monoisotopic (exact) mass is 375 g/mol. The molecule has 0 fully saturated rings. The molecule has 1 aliphatic heterocycles. The van der Waals surface area contributed by atoms with Crippen molar-refractivity contribution < 1.29 is 10.0 Å². The first kappa shape index (κ1) is 16.2. The van der Waals surface area contributed by atoms with Crippen LogP contribution >= 0.6 is 23.2 Å². The molecule has 1 heterocycles. The minimum absolute atomic E-state index is 0.0743. The number of nitrogens with zero attached hydrogens (tertiary/aromatic N) is 1. The molecule has 0 spiro atoms. The van der Waals surface area contributed by atoms with Gasteiger partial charge in [0.25, 0.3) is 5.69 Å². The highest BCUT2D eigenvalue weighted by Crippen LogP contribution is 2.55. The number of halogens is 2. The summed E-state index contributed by atoms with van der Waals surface area (Å²) in [7, 11) is 0. The van der Waals surface area contributed by atoms with Crippen molar-refractivity contribution >= 4 is 34.6 Å². The van der Waals surface area contributed by atoms with Gasteiger partial charge in [-0.1, -0.05) is 53.2 Å². The highest BCUT2D eigenvalue weighted by molar-refractivity contribution is 6.33. The quantitative estimate of drug-likeness (QED) is 0.464. The lowest BCUT2D eigenvalue weighted by Crippen LogP contribution is -2.30. The van der Waals surface area contributed by atoms with E-state index in [-0.39, 0.29) is 40.0 Å². The van der Waals surface area contributed by atoms with Gasteiger partial charge in [-0.3, -0.25) is 10.1 Å². The summed E-state index contributed by atoms with van der Waals surface area (Å²) in [5.74, 6) is -0.475. The summed E-state index contributed by atoms with van der Waals surface area (Å²) < 4.78 is 0. The van der Waals surface area contributed by atoms with E-state index in [1.54, 1.807) is 12.1 Å². The van der Waals surface area contributed by atoms with E-state index in [4.69, 9.17) is 23.2 Å². The Morgan fingerprint density at radius 1 is 1.20 bits per heavy atom. The van der Waals surface area contributed by atoms with Crippen molar-refractivity contribution in [3.63, 3.8) is 0 Å². The van der Waals surface area contributed by atoms with Crippen LogP contribution in [0.5, 0.6) is 5.75 Å². The molecule has 0 aromatic heterocycles. The fourth-order valence-electron chi connectivity index (χ4n) is 3.88. The third kappa shape index (κ3) is 2.55. The summed E-state index contributed by atoms with van der Waals surface area (Å²) in [5.41, 5.74) is 1.47. The Labute approximate surface area is 154 Å². The van der Waals surface area contributed by atoms with Gasteiger partial charge >= 0.3 is 0 Å². The van der Waals surface area contributed by atoms with Gasteiger partial charge in [-0.15, -0.1) is 0 Å². The molecule has 128 valence electrons. The molecule has 7 heteroatoms. The topological polar surface area (TPSA) is 78.2 Å². The molecular weight excluding hydrogens is 363 g/mol. The smallest absolute Gasteiger partial charge is 0.293 e. The Hall–Kier alpha value is -2.24. The highest BCUT2D eigenvalue weighted by Gasteiger charge is 2.42. The van der Waals surface area contributed by atoms with E-state index in [0.717, 1.165) is 18.1 Å². The van der Waals surface area contributed by atoms with Crippen LogP contribution in [0.2, 0.25) is 10.0 Å².